The zero-order chi connectivity index (χ0) is 16.9. The third kappa shape index (κ3) is 3.88. The Morgan fingerprint density at radius 3 is 2.75 bits per heavy atom. The molecule has 24 heavy (non-hydrogen) atoms. The van der Waals surface area contributed by atoms with Crippen LogP contribution < -0.4 is 10.1 Å². The maximum absolute atomic E-state index is 12.1. The van der Waals surface area contributed by atoms with Crippen LogP contribution in [-0.4, -0.2) is 11.0 Å². The monoisotopic (exact) mass is 343 g/mol. The Morgan fingerprint density at radius 1 is 1.12 bits per heavy atom. The second-order valence-corrected chi connectivity index (χ2v) is 5.40. The first-order valence-corrected chi connectivity index (χ1v) is 7.56. The van der Waals surface area contributed by atoms with Gasteiger partial charge in [0, 0.05) is 11.8 Å². The molecular weight excluding hydrogens is 330 g/mol. The van der Waals surface area contributed by atoms with E-state index in [2.05, 4.69) is 5.32 Å². The minimum Gasteiger partial charge on any atom is -0.508 e. The zero-order valence-corrected chi connectivity index (χ0v) is 13.3. The van der Waals surface area contributed by atoms with Crippen LogP contribution in [0, 0.1) is 0 Å². The highest BCUT2D eigenvalue weighted by Gasteiger charge is 2.12. The summed E-state index contributed by atoms with van der Waals surface area (Å²) in [6.07, 6.45) is 0. The molecule has 3 rings (SSSR count). The first-order valence-electron chi connectivity index (χ1n) is 7.18. The Bertz CT molecular complexity index is 859. The molecular formula is C18H14ClNO4. The first kappa shape index (κ1) is 16.0. The van der Waals surface area contributed by atoms with Crippen molar-refractivity contribution < 1.29 is 19.1 Å². The number of phenols is 1. The molecule has 1 aromatic heterocycles. The standard InChI is InChI=1S/C18H14ClNO4/c19-15-6-1-2-7-16(15)23-11-14-8-9-17(24-14)18(22)20-12-4-3-5-13(21)10-12/h1-10,21H,11H2,(H,20,22). The van der Waals surface area contributed by atoms with Gasteiger partial charge in [0.2, 0.25) is 0 Å². The minimum atomic E-state index is -0.412. The number of aromatic hydroxyl groups is 1. The van der Waals surface area contributed by atoms with Crippen LogP contribution >= 0.6 is 11.6 Å². The van der Waals surface area contributed by atoms with Gasteiger partial charge in [-0.15, -0.1) is 0 Å². The number of benzene rings is 2. The molecule has 5 nitrogen and oxygen atoms in total. The highest BCUT2D eigenvalue weighted by atomic mass is 35.5. The number of phenolic OH excluding ortho intramolecular Hbond substituents is 1. The molecule has 0 aliphatic carbocycles. The van der Waals surface area contributed by atoms with Gasteiger partial charge in [0.1, 0.15) is 23.9 Å². The van der Waals surface area contributed by atoms with E-state index in [4.69, 9.17) is 20.8 Å². The molecule has 0 unspecified atom stereocenters. The maximum Gasteiger partial charge on any atom is 0.291 e. The van der Waals surface area contributed by atoms with E-state index < -0.39 is 5.91 Å². The van der Waals surface area contributed by atoms with E-state index in [9.17, 15) is 9.90 Å². The molecule has 1 heterocycles. The van der Waals surface area contributed by atoms with E-state index in [0.29, 0.717) is 22.2 Å². The van der Waals surface area contributed by atoms with Gasteiger partial charge in [-0.25, -0.2) is 0 Å². The number of nitrogens with one attached hydrogen (secondary N) is 1. The number of furan rings is 1. The van der Waals surface area contributed by atoms with E-state index in [0.717, 1.165) is 0 Å². The van der Waals surface area contributed by atoms with Crippen molar-refractivity contribution >= 4 is 23.2 Å². The predicted molar refractivity (Wildman–Crippen MR) is 90.6 cm³/mol. The quantitative estimate of drug-likeness (QED) is 0.717. The number of hydrogen-bond acceptors (Lipinski definition) is 4. The summed E-state index contributed by atoms with van der Waals surface area (Å²) in [5.41, 5.74) is 0.477. The van der Waals surface area contributed by atoms with Crippen molar-refractivity contribution in [3.05, 3.63) is 77.2 Å². The van der Waals surface area contributed by atoms with Crippen LogP contribution in [0.2, 0.25) is 5.02 Å². The van der Waals surface area contributed by atoms with Gasteiger partial charge in [0.05, 0.1) is 5.02 Å². The predicted octanol–water partition coefficient (Wildman–Crippen LogP) is 4.47. The van der Waals surface area contributed by atoms with Crippen molar-refractivity contribution in [2.45, 2.75) is 6.61 Å². The van der Waals surface area contributed by atoms with Gasteiger partial charge < -0.3 is 19.6 Å². The third-order valence-electron chi connectivity index (χ3n) is 3.20. The van der Waals surface area contributed by atoms with Gasteiger partial charge in [-0.05, 0) is 36.4 Å². The normalized spacial score (nSPS) is 10.4. The largest absolute Gasteiger partial charge is 0.508 e. The Labute approximate surface area is 143 Å². The molecule has 0 radical (unpaired) electrons. The molecule has 0 saturated heterocycles. The SMILES string of the molecule is O=C(Nc1cccc(O)c1)c1ccc(COc2ccccc2Cl)o1. The van der Waals surface area contributed by atoms with E-state index in [-0.39, 0.29) is 18.1 Å². The van der Waals surface area contributed by atoms with Crippen LogP contribution in [0.15, 0.2) is 65.1 Å². The maximum atomic E-state index is 12.1. The molecule has 6 heteroatoms. The summed E-state index contributed by atoms with van der Waals surface area (Å²) in [7, 11) is 0. The number of para-hydroxylation sites is 1. The topological polar surface area (TPSA) is 71.7 Å². The lowest BCUT2D eigenvalue weighted by molar-refractivity contribution is 0.0992. The second kappa shape index (κ2) is 7.10. The van der Waals surface area contributed by atoms with Gasteiger partial charge in [-0.3, -0.25) is 4.79 Å². The number of halogens is 1. The lowest BCUT2D eigenvalue weighted by Crippen LogP contribution is -2.10. The zero-order valence-electron chi connectivity index (χ0n) is 12.5. The minimum absolute atomic E-state index is 0.0704. The van der Waals surface area contributed by atoms with E-state index in [1.165, 1.54) is 12.1 Å². The van der Waals surface area contributed by atoms with Crippen molar-refractivity contribution in [2.75, 3.05) is 5.32 Å². The van der Waals surface area contributed by atoms with Gasteiger partial charge >= 0.3 is 0 Å². The van der Waals surface area contributed by atoms with Crippen LogP contribution in [0.3, 0.4) is 0 Å². The van der Waals surface area contributed by atoms with E-state index >= 15 is 0 Å². The Hall–Kier alpha value is -2.92. The number of anilines is 1. The highest BCUT2D eigenvalue weighted by Crippen LogP contribution is 2.24. The number of hydrogen-bond donors (Lipinski definition) is 2. The summed E-state index contributed by atoms with van der Waals surface area (Å²) in [5, 5.41) is 12.5. The number of amides is 1. The van der Waals surface area contributed by atoms with Crippen LogP contribution in [-0.2, 0) is 6.61 Å². The van der Waals surface area contributed by atoms with E-state index in [1.807, 2.05) is 12.1 Å². The Balaban J connectivity index is 1.62. The number of ether oxygens (including phenoxy) is 1. The molecule has 1 amide bonds. The molecule has 0 aliphatic rings. The van der Waals surface area contributed by atoms with Crippen molar-refractivity contribution in [1.29, 1.82) is 0 Å². The molecule has 0 saturated carbocycles. The summed E-state index contributed by atoms with van der Waals surface area (Å²) in [4.78, 5) is 12.1. The fraction of sp³-hybridized carbons (Fsp3) is 0.0556. The third-order valence-corrected chi connectivity index (χ3v) is 3.51. The smallest absolute Gasteiger partial charge is 0.291 e. The molecule has 0 fully saturated rings. The summed E-state index contributed by atoms with van der Waals surface area (Å²) >= 11 is 6.01. The van der Waals surface area contributed by atoms with Crippen LogP contribution in [0.5, 0.6) is 11.5 Å². The fourth-order valence-corrected chi connectivity index (χ4v) is 2.25. The lowest BCUT2D eigenvalue weighted by atomic mass is 10.3. The Morgan fingerprint density at radius 2 is 1.96 bits per heavy atom. The van der Waals surface area contributed by atoms with Gasteiger partial charge in [0.25, 0.3) is 5.91 Å². The first-order chi connectivity index (χ1) is 11.6. The van der Waals surface area contributed by atoms with Crippen LogP contribution in [0.25, 0.3) is 0 Å². The molecule has 122 valence electrons. The van der Waals surface area contributed by atoms with Gasteiger partial charge in [-0.2, -0.15) is 0 Å². The molecule has 0 spiro atoms. The van der Waals surface area contributed by atoms with Crippen molar-refractivity contribution in [3.63, 3.8) is 0 Å². The summed E-state index contributed by atoms with van der Waals surface area (Å²) in [6.45, 7) is 0.156. The van der Waals surface area contributed by atoms with E-state index in [1.54, 1.807) is 36.4 Å². The van der Waals surface area contributed by atoms with Crippen LogP contribution in [0.4, 0.5) is 5.69 Å². The summed E-state index contributed by atoms with van der Waals surface area (Å²) in [5.74, 6) is 0.846. The number of carbonyl (C=O) groups excluding carboxylic acids is 1. The molecule has 2 N–H and O–H groups in total. The number of carbonyl (C=O) groups is 1. The average Bonchev–Trinajstić information content (AvgIpc) is 3.03. The van der Waals surface area contributed by atoms with Gasteiger partial charge in [0.15, 0.2) is 5.76 Å². The highest BCUT2D eigenvalue weighted by molar-refractivity contribution is 6.32. The van der Waals surface area contributed by atoms with Crippen molar-refractivity contribution in [2.24, 2.45) is 0 Å². The number of rotatable bonds is 5. The summed E-state index contributed by atoms with van der Waals surface area (Å²) < 4.78 is 11.0. The van der Waals surface area contributed by atoms with Crippen molar-refractivity contribution in [3.8, 4) is 11.5 Å². The van der Waals surface area contributed by atoms with Crippen molar-refractivity contribution in [1.82, 2.24) is 0 Å². The van der Waals surface area contributed by atoms with Crippen LogP contribution in [0.1, 0.15) is 16.3 Å². The molecule has 2 aromatic carbocycles. The lowest BCUT2D eigenvalue weighted by Gasteiger charge is -2.06. The molecule has 0 bridgehead atoms. The fourth-order valence-electron chi connectivity index (χ4n) is 2.06. The molecule has 0 aliphatic heterocycles. The molecule has 0 atom stereocenters. The molecule has 3 aromatic rings. The summed E-state index contributed by atoms with van der Waals surface area (Å²) in [6, 6.07) is 16.6. The van der Waals surface area contributed by atoms with Gasteiger partial charge in [-0.1, -0.05) is 29.8 Å². The Kier molecular flexibility index (Phi) is 4.72. The average molecular weight is 344 g/mol. The second-order valence-electron chi connectivity index (χ2n) is 4.99.